The molecule has 10 aromatic rings. The van der Waals surface area contributed by atoms with Crippen LogP contribution >= 0.6 is 0 Å². The van der Waals surface area contributed by atoms with Crippen LogP contribution in [0.5, 0.6) is 0 Å². The second-order valence-electron chi connectivity index (χ2n) is 14.1. The SMILES string of the molecule is CC1(C)c2cccnc2-c2ncc(-c3c4ccccc4c(-c4cc5c(oc6ccc7ccccc7c65)c5ccccc45)c4ccccc34)cc21. The van der Waals surface area contributed by atoms with Crippen LogP contribution in [-0.4, -0.2) is 9.97 Å². The first-order valence-corrected chi connectivity index (χ1v) is 17.2. The fourth-order valence-corrected chi connectivity index (χ4v) is 8.82. The maximum absolute atomic E-state index is 6.68. The number of hydrogen-bond acceptors (Lipinski definition) is 3. The molecule has 0 spiro atoms. The monoisotopic (exact) mass is 638 g/mol. The van der Waals surface area contributed by atoms with Gasteiger partial charge in [-0.3, -0.25) is 9.97 Å². The Morgan fingerprint density at radius 1 is 0.500 bits per heavy atom. The van der Waals surface area contributed by atoms with Crippen LogP contribution in [0.15, 0.2) is 150 Å². The predicted octanol–water partition coefficient (Wildman–Crippen LogP) is 12.6. The number of fused-ring (bicyclic) bond motifs is 12. The van der Waals surface area contributed by atoms with E-state index in [1.54, 1.807) is 0 Å². The first-order chi connectivity index (χ1) is 24.6. The lowest BCUT2D eigenvalue weighted by molar-refractivity contribution is 0.658. The molecule has 1 aliphatic rings. The van der Waals surface area contributed by atoms with Gasteiger partial charge in [-0.25, -0.2) is 0 Å². The number of hydrogen-bond donors (Lipinski definition) is 0. The second-order valence-corrected chi connectivity index (χ2v) is 14.1. The van der Waals surface area contributed by atoms with Gasteiger partial charge in [-0.1, -0.05) is 123 Å². The molecule has 11 rings (SSSR count). The quantitative estimate of drug-likeness (QED) is 0.177. The number of rotatable bonds is 2. The van der Waals surface area contributed by atoms with E-state index >= 15 is 0 Å². The van der Waals surface area contributed by atoms with E-state index in [4.69, 9.17) is 14.4 Å². The molecular weight excluding hydrogens is 609 g/mol. The first kappa shape index (κ1) is 27.6. The summed E-state index contributed by atoms with van der Waals surface area (Å²) in [6.07, 6.45) is 3.92. The van der Waals surface area contributed by atoms with Crippen LogP contribution in [-0.2, 0) is 5.41 Å². The largest absolute Gasteiger partial charge is 0.455 e. The summed E-state index contributed by atoms with van der Waals surface area (Å²) < 4.78 is 6.68. The lowest BCUT2D eigenvalue weighted by atomic mass is 9.81. The highest BCUT2D eigenvalue weighted by molar-refractivity contribution is 6.29. The number of nitrogens with zero attached hydrogens (tertiary/aromatic N) is 2. The van der Waals surface area contributed by atoms with Crippen LogP contribution in [0, 0.1) is 0 Å². The highest BCUT2D eigenvalue weighted by Gasteiger charge is 2.37. The van der Waals surface area contributed by atoms with Gasteiger partial charge in [-0.2, -0.15) is 0 Å². The molecule has 0 unspecified atom stereocenters. The normalized spacial score (nSPS) is 13.6. The summed E-state index contributed by atoms with van der Waals surface area (Å²) in [4.78, 5) is 9.87. The van der Waals surface area contributed by atoms with Crippen LogP contribution in [0.1, 0.15) is 25.0 Å². The molecule has 3 nitrogen and oxygen atoms in total. The minimum atomic E-state index is -0.195. The van der Waals surface area contributed by atoms with Crippen LogP contribution in [0.25, 0.3) is 98.7 Å². The summed E-state index contributed by atoms with van der Waals surface area (Å²) >= 11 is 0. The molecule has 0 fully saturated rings. The molecule has 0 aliphatic heterocycles. The first-order valence-electron chi connectivity index (χ1n) is 17.2. The lowest BCUT2D eigenvalue weighted by Crippen LogP contribution is -2.15. The molecular formula is C47H30N2O. The van der Waals surface area contributed by atoms with Crippen LogP contribution < -0.4 is 0 Å². The third-order valence-corrected chi connectivity index (χ3v) is 11.1. The fourth-order valence-electron chi connectivity index (χ4n) is 8.82. The molecule has 0 N–H and O–H groups in total. The molecule has 0 saturated carbocycles. The third-order valence-electron chi connectivity index (χ3n) is 11.1. The fraction of sp³-hybridized carbons (Fsp3) is 0.0638. The van der Waals surface area contributed by atoms with E-state index in [0.29, 0.717) is 0 Å². The highest BCUT2D eigenvalue weighted by atomic mass is 16.3. The molecule has 0 radical (unpaired) electrons. The summed E-state index contributed by atoms with van der Waals surface area (Å²) in [7, 11) is 0. The zero-order valence-corrected chi connectivity index (χ0v) is 27.7. The minimum absolute atomic E-state index is 0.195. The molecule has 0 saturated heterocycles. The van der Waals surface area contributed by atoms with E-state index < -0.39 is 0 Å². The van der Waals surface area contributed by atoms with E-state index in [9.17, 15) is 0 Å². The van der Waals surface area contributed by atoms with Gasteiger partial charge >= 0.3 is 0 Å². The van der Waals surface area contributed by atoms with Crippen molar-refractivity contribution >= 4 is 65.0 Å². The summed E-state index contributed by atoms with van der Waals surface area (Å²) in [6.45, 7) is 4.57. The van der Waals surface area contributed by atoms with E-state index in [1.165, 1.54) is 65.5 Å². The Kier molecular flexibility index (Phi) is 5.45. The molecule has 7 aromatic carbocycles. The zero-order chi connectivity index (χ0) is 33.1. The average Bonchev–Trinajstić information content (AvgIpc) is 3.66. The van der Waals surface area contributed by atoms with Gasteiger partial charge < -0.3 is 4.42 Å². The highest BCUT2D eigenvalue weighted by Crippen LogP contribution is 2.51. The van der Waals surface area contributed by atoms with Gasteiger partial charge in [0.2, 0.25) is 0 Å². The van der Waals surface area contributed by atoms with Gasteiger partial charge in [0.05, 0.1) is 11.4 Å². The molecule has 3 heteroatoms. The van der Waals surface area contributed by atoms with Crippen molar-refractivity contribution in [1.82, 2.24) is 9.97 Å². The summed E-state index contributed by atoms with van der Waals surface area (Å²) in [5, 5.41) is 11.9. The lowest BCUT2D eigenvalue weighted by Gasteiger charge is -2.22. The van der Waals surface area contributed by atoms with E-state index in [-0.39, 0.29) is 5.41 Å². The van der Waals surface area contributed by atoms with Crippen LogP contribution in [0.2, 0.25) is 0 Å². The number of furan rings is 1. The summed E-state index contributed by atoms with van der Waals surface area (Å²) in [6, 6.07) is 48.3. The molecule has 0 amide bonds. The molecule has 0 atom stereocenters. The van der Waals surface area contributed by atoms with Crippen molar-refractivity contribution < 1.29 is 4.42 Å². The van der Waals surface area contributed by atoms with Crippen molar-refractivity contribution in [3.05, 3.63) is 157 Å². The van der Waals surface area contributed by atoms with E-state index in [0.717, 1.165) is 44.3 Å². The summed E-state index contributed by atoms with van der Waals surface area (Å²) in [5.74, 6) is 0. The molecule has 50 heavy (non-hydrogen) atoms. The van der Waals surface area contributed by atoms with Crippen LogP contribution in [0.3, 0.4) is 0 Å². The van der Waals surface area contributed by atoms with Crippen molar-refractivity contribution in [1.29, 1.82) is 0 Å². The maximum atomic E-state index is 6.68. The van der Waals surface area contributed by atoms with Gasteiger partial charge in [0, 0.05) is 39.5 Å². The molecule has 3 heterocycles. The Balaban J connectivity index is 1.26. The van der Waals surface area contributed by atoms with Crippen molar-refractivity contribution in [2.24, 2.45) is 0 Å². The number of benzene rings is 7. The Hall–Kier alpha value is -6.32. The van der Waals surface area contributed by atoms with Crippen molar-refractivity contribution in [2.45, 2.75) is 19.3 Å². The van der Waals surface area contributed by atoms with Crippen LogP contribution in [0.4, 0.5) is 0 Å². The topological polar surface area (TPSA) is 38.9 Å². The maximum Gasteiger partial charge on any atom is 0.143 e. The molecule has 1 aliphatic carbocycles. The van der Waals surface area contributed by atoms with Crippen molar-refractivity contribution in [3.8, 4) is 33.6 Å². The molecule has 234 valence electrons. The van der Waals surface area contributed by atoms with Gasteiger partial charge in [0.1, 0.15) is 11.2 Å². The average molecular weight is 639 g/mol. The minimum Gasteiger partial charge on any atom is -0.455 e. The van der Waals surface area contributed by atoms with E-state index in [2.05, 4.69) is 147 Å². The Morgan fingerprint density at radius 2 is 1.12 bits per heavy atom. The third kappa shape index (κ3) is 3.59. The smallest absolute Gasteiger partial charge is 0.143 e. The van der Waals surface area contributed by atoms with Gasteiger partial charge in [0.15, 0.2) is 0 Å². The van der Waals surface area contributed by atoms with E-state index in [1.807, 2.05) is 12.3 Å². The summed E-state index contributed by atoms with van der Waals surface area (Å²) in [5.41, 5.74) is 10.8. The van der Waals surface area contributed by atoms with Crippen molar-refractivity contribution in [3.63, 3.8) is 0 Å². The predicted molar refractivity (Wildman–Crippen MR) is 208 cm³/mol. The number of pyridine rings is 2. The van der Waals surface area contributed by atoms with Gasteiger partial charge in [-0.15, -0.1) is 0 Å². The second kappa shape index (κ2) is 9.87. The Morgan fingerprint density at radius 3 is 1.86 bits per heavy atom. The Labute approximate surface area is 288 Å². The zero-order valence-electron chi connectivity index (χ0n) is 27.7. The molecule has 0 bridgehead atoms. The Bertz CT molecular complexity index is 3020. The van der Waals surface area contributed by atoms with Gasteiger partial charge in [0.25, 0.3) is 0 Å². The van der Waals surface area contributed by atoms with Gasteiger partial charge in [-0.05, 0) is 89.8 Å². The van der Waals surface area contributed by atoms with Crippen molar-refractivity contribution in [2.75, 3.05) is 0 Å². The number of aromatic nitrogens is 2. The standard InChI is InChI=1S/C47H30N2O/c1-47(2)38-20-11-23-48-44(38)45-39(47)24-28(26-49-45)41-31-15-6-8-17-33(31)42(34-18-9-7-16-32(34)41)36-25-37-43-29-13-4-3-12-27(29)21-22-40(43)50-46(37)35-19-10-5-14-30(35)36/h3-26H,1-2H3. The molecule has 3 aromatic heterocycles.